The number of anilines is 1. The van der Waals surface area contributed by atoms with E-state index in [9.17, 15) is 18.0 Å². The van der Waals surface area contributed by atoms with Gasteiger partial charge in [-0.3, -0.25) is 4.79 Å². The number of nitrogens with zero attached hydrogens (tertiary/aromatic N) is 4. The third kappa shape index (κ3) is 8.30. The molecule has 0 aliphatic heterocycles. The molecule has 11 heteroatoms. The minimum absolute atomic E-state index is 0.0159. The van der Waals surface area contributed by atoms with E-state index in [2.05, 4.69) is 16.4 Å². The molecule has 7 nitrogen and oxygen atoms in total. The first-order chi connectivity index (χ1) is 21.0. The number of Topliss-reactive ketones (excluding diaryl/α,β-unsaturated/α-hetero) is 1. The number of carbonyl (C=O) groups excluding carboxylic acids is 1. The van der Waals surface area contributed by atoms with Crippen LogP contribution in [0.1, 0.15) is 39.1 Å². The smallest absolute Gasteiger partial charge is 0.344 e. The zero-order valence-corrected chi connectivity index (χ0v) is 25.3. The van der Waals surface area contributed by atoms with Crippen LogP contribution in [0.25, 0.3) is 0 Å². The van der Waals surface area contributed by atoms with Crippen LogP contribution < -0.4 is 11.1 Å². The summed E-state index contributed by atoms with van der Waals surface area (Å²) >= 11 is 5.71. The summed E-state index contributed by atoms with van der Waals surface area (Å²) in [5, 5.41) is 12.4. The molecular formula is C33H33F3N6OS. The molecule has 0 aliphatic rings. The van der Waals surface area contributed by atoms with Crippen molar-refractivity contribution >= 4 is 28.8 Å². The summed E-state index contributed by atoms with van der Waals surface area (Å²) in [6.45, 7) is 4.14. The lowest BCUT2D eigenvalue weighted by Gasteiger charge is -2.30. The Morgan fingerprint density at radius 3 is 2.52 bits per heavy atom. The molecule has 3 aromatic carbocycles. The molecule has 0 radical (unpaired) electrons. The van der Waals surface area contributed by atoms with Crippen molar-refractivity contribution in [2.75, 3.05) is 18.4 Å². The second-order valence-electron chi connectivity index (χ2n) is 10.7. The van der Waals surface area contributed by atoms with Crippen molar-refractivity contribution < 1.29 is 18.0 Å². The Balaban J connectivity index is 1.56. The van der Waals surface area contributed by atoms with Crippen molar-refractivity contribution in [1.29, 1.82) is 5.26 Å². The molecule has 4 rings (SSSR count). The van der Waals surface area contributed by atoms with Gasteiger partial charge in [-0.2, -0.15) is 18.4 Å². The largest absolute Gasteiger partial charge is 0.416 e. The quantitative estimate of drug-likeness (QED) is 0.198. The fourth-order valence-electron chi connectivity index (χ4n) is 4.92. The van der Waals surface area contributed by atoms with Crippen molar-refractivity contribution in [3.63, 3.8) is 0 Å². The van der Waals surface area contributed by atoms with Gasteiger partial charge in [-0.25, -0.2) is 4.98 Å². The Morgan fingerprint density at radius 2 is 1.86 bits per heavy atom. The molecule has 0 spiro atoms. The number of carbonyl (C=O) groups is 1. The van der Waals surface area contributed by atoms with E-state index in [0.29, 0.717) is 17.8 Å². The number of rotatable bonds is 11. The molecule has 0 bridgehead atoms. The van der Waals surface area contributed by atoms with Gasteiger partial charge in [0.05, 0.1) is 23.5 Å². The predicted octanol–water partition coefficient (Wildman–Crippen LogP) is 6.02. The number of nitriles is 1. The first kappa shape index (κ1) is 32.4. The number of aryl methyl sites for hydroxylation is 2. The highest BCUT2D eigenvalue weighted by Gasteiger charge is 2.34. The van der Waals surface area contributed by atoms with E-state index < -0.39 is 17.7 Å². The third-order valence-electron chi connectivity index (χ3n) is 7.37. The number of ketones is 1. The highest BCUT2D eigenvalue weighted by Crippen LogP contribution is 2.32. The number of alkyl halides is 3. The Labute approximate surface area is 260 Å². The number of nitrogens with one attached hydrogen (secondary N) is 1. The molecule has 1 atom stereocenters. The number of aromatic nitrogens is 2. The highest BCUT2D eigenvalue weighted by atomic mass is 32.1. The average molecular weight is 619 g/mol. The van der Waals surface area contributed by atoms with Crippen LogP contribution >= 0.6 is 12.2 Å². The van der Waals surface area contributed by atoms with Crippen LogP contribution in [-0.2, 0) is 30.5 Å². The SMILES string of the molecule is Cc1ccc(NC(=S)N(Cc2ccccc2C(F)(F)F)C[C@H](CN)C(=O)Cc2cncn2Cc2ccc(C#N)cc2)c(C)c1. The summed E-state index contributed by atoms with van der Waals surface area (Å²) in [4.78, 5) is 19.4. The molecule has 0 amide bonds. The van der Waals surface area contributed by atoms with E-state index in [0.717, 1.165) is 28.4 Å². The molecule has 0 unspecified atom stereocenters. The average Bonchev–Trinajstić information content (AvgIpc) is 3.42. The molecule has 0 saturated carbocycles. The molecule has 228 valence electrons. The third-order valence-corrected chi connectivity index (χ3v) is 7.73. The van der Waals surface area contributed by atoms with E-state index in [1.165, 1.54) is 12.1 Å². The fourth-order valence-corrected chi connectivity index (χ4v) is 5.17. The second kappa shape index (κ2) is 14.3. The van der Waals surface area contributed by atoms with E-state index in [1.54, 1.807) is 35.6 Å². The molecule has 1 heterocycles. The van der Waals surface area contributed by atoms with Gasteiger partial charge in [0, 0.05) is 56.1 Å². The fraction of sp³-hybridized carbons (Fsp3) is 0.273. The predicted molar refractivity (Wildman–Crippen MR) is 168 cm³/mol. The van der Waals surface area contributed by atoms with Gasteiger partial charge in [0.25, 0.3) is 0 Å². The van der Waals surface area contributed by atoms with Crippen molar-refractivity contribution in [3.8, 4) is 6.07 Å². The van der Waals surface area contributed by atoms with Crippen LogP contribution in [0.4, 0.5) is 18.9 Å². The highest BCUT2D eigenvalue weighted by molar-refractivity contribution is 7.80. The molecule has 3 N–H and O–H groups in total. The van der Waals surface area contributed by atoms with E-state index >= 15 is 0 Å². The summed E-state index contributed by atoms with van der Waals surface area (Å²) in [5.74, 6) is -0.900. The number of hydrogen-bond donors (Lipinski definition) is 2. The van der Waals surface area contributed by atoms with Gasteiger partial charge in [0.2, 0.25) is 0 Å². The summed E-state index contributed by atoms with van der Waals surface area (Å²) in [5.41, 5.74) is 10.2. The summed E-state index contributed by atoms with van der Waals surface area (Å²) < 4.78 is 43.5. The van der Waals surface area contributed by atoms with Crippen LogP contribution in [0, 0.1) is 31.1 Å². The molecule has 0 saturated heterocycles. The molecular weight excluding hydrogens is 585 g/mol. The van der Waals surface area contributed by atoms with Crippen molar-refractivity contribution in [3.05, 3.63) is 118 Å². The molecule has 0 fully saturated rings. The minimum Gasteiger partial charge on any atom is -0.344 e. The van der Waals surface area contributed by atoms with E-state index in [-0.39, 0.29) is 42.5 Å². The van der Waals surface area contributed by atoms with Crippen molar-refractivity contribution in [1.82, 2.24) is 14.5 Å². The van der Waals surface area contributed by atoms with E-state index in [1.807, 2.05) is 48.7 Å². The maximum Gasteiger partial charge on any atom is 0.416 e. The van der Waals surface area contributed by atoms with Crippen molar-refractivity contribution in [2.45, 2.75) is 39.5 Å². The molecule has 44 heavy (non-hydrogen) atoms. The summed E-state index contributed by atoms with van der Waals surface area (Å²) in [6, 6.07) is 20.3. The van der Waals surface area contributed by atoms with Crippen molar-refractivity contribution in [2.24, 2.45) is 11.7 Å². The Hall–Kier alpha value is -4.53. The Bertz CT molecular complexity index is 1660. The van der Waals surface area contributed by atoms with Gasteiger partial charge in [0.1, 0.15) is 5.78 Å². The standard InChI is InChI=1S/C33H33F3N6OS/c1-22-7-12-30(23(2)13-22)40-32(44)41(19-26-5-3-4-6-29(26)33(34,35)36)20-27(16-38)31(43)14-28-17-39-21-42(28)18-25-10-8-24(15-37)9-11-25/h3-13,17,21,27H,14,16,18-20,38H2,1-2H3,(H,40,44)/t27-/m0/s1. The van der Waals surface area contributed by atoms with E-state index in [4.69, 9.17) is 23.2 Å². The number of benzene rings is 3. The van der Waals surface area contributed by atoms with Gasteiger partial charge >= 0.3 is 6.18 Å². The van der Waals surface area contributed by atoms with Crippen LogP contribution in [0.5, 0.6) is 0 Å². The van der Waals surface area contributed by atoms with Crippen LogP contribution in [-0.4, -0.2) is 38.4 Å². The zero-order chi connectivity index (χ0) is 31.9. The van der Waals surface area contributed by atoms with Gasteiger partial charge < -0.3 is 20.5 Å². The normalized spacial score (nSPS) is 11.9. The van der Waals surface area contributed by atoms with Gasteiger partial charge in [-0.05, 0) is 67.0 Å². The number of halogens is 3. The lowest BCUT2D eigenvalue weighted by Crippen LogP contribution is -2.43. The molecule has 1 aromatic heterocycles. The van der Waals surface area contributed by atoms with Crippen LogP contribution in [0.2, 0.25) is 0 Å². The first-order valence-corrected chi connectivity index (χ1v) is 14.4. The molecule has 4 aromatic rings. The van der Waals surface area contributed by atoms with Crippen LogP contribution in [0.3, 0.4) is 0 Å². The minimum atomic E-state index is -4.55. The van der Waals surface area contributed by atoms with Gasteiger partial charge in [-0.15, -0.1) is 0 Å². The number of nitrogens with two attached hydrogens (primary N) is 1. The number of imidazole rings is 1. The summed E-state index contributed by atoms with van der Waals surface area (Å²) in [6.07, 6.45) is -1.29. The monoisotopic (exact) mass is 618 g/mol. The summed E-state index contributed by atoms with van der Waals surface area (Å²) in [7, 11) is 0. The van der Waals surface area contributed by atoms with Gasteiger partial charge in [-0.1, -0.05) is 48.0 Å². The first-order valence-electron chi connectivity index (χ1n) is 14.0. The Morgan fingerprint density at radius 1 is 1.14 bits per heavy atom. The lowest BCUT2D eigenvalue weighted by molar-refractivity contribution is -0.138. The Kier molecular flexibility index (Phi) is 10.5. The topological polar surface area (TPSA) is 100.0 Å². The second-order valence-corrected chi connectivity index (χ2v) is 11.1. The maximum absolute atomic E-state index is 13.9. The maximum atomic E-state index is 13.9. The molecule has 0 aliphatic carbocycles. The van der Waals surface area contributed by atoms with Gasteiger partial charge in [0.15, 0.2) is 5.11 Å². The number of hydrogen-bond acceptors (Lipinski definition) is 5. The van der Waals surface area contributed by atoms with Crippen LogP contribution in [0.15, 0.2) is 79.3 Å². The lowest BCUT2D eigenvalue weighted by atomic mass is 9.99. The number of thiocarbonyl (C=S) groups is 1. The zero-order valence-electron chi connectivity index (χ0n) is 24.4.